The minimum atomic E-state index is -0.0545. The summed E-state index contributed by atoms with van der Waals surface area (Å²) >= 11 is 3.35. The maximum Gasteiger partial charge on any atom is 0.170 e. The zero-order valence-corrected chi connectivity index (χ0v) is 10.6. The lowest BCUT2D eigenvalue weighted by Gasteiger charge is -2.25. The SMILES string of the molecule is COCCC1CC(=O)c2cc(Br)ccc2O1. The van der Waals surface area contributed by atoms with E-state index in [2.05, 4.69) is 15.9 Å². The summed E-state index contributed by atoms with van der Waals surface area (Å²) in [6.07, 6.45) is 1.13. The Morgan fingerprint density at radius 1 is 1.56 bits per heavy atom. The third-order valence-electron chi connectivity index (χ3n) is 2.59. The molecule has 0 radical (unpaired) electrons. The first-order chi connectivity index (χ1) is 7.70. The fourth-order valence-electron chi connectivity index (χ4n) is 1.77. The molecule has 2 rings (SSSR count). The Hall–Kier alpha value is -0.870. The topological polar surface area (TPSA) is 35.5 Å². The summed E-state index contributed by atoms with van der Waals surface area (Å²) in [6, 6.07) is 5.52. The molecule has 0 spiro atoms. The third kappa shape index (κ3) is 2.44. The summed E-state index contributed by atoms with van der Waals surface area (Å²) in [5, 5.41) is 0. The van der Waals surface area contributed by atoms with E-state index < -0.39 is 0 Å². The molecule has 4 heteroatoms. The van der Waals surface area contributed by atoms with E-state index in [0.717, 1.165) is 10.9 Å². The van der Waals surface area contributed by atoms with Gasteiger partial charge in [0.05, 0.1) is 5.56 Å². The van der Waals surface area contributed by atoms with Crippen LogP contribution in [-0.2, 0) is 4.74 Å². The normalized spacial score (nSPS) is 19.1. The van der Waals surface area contributed by atoms with Crippen molar-refractivity contribution >= 4 is 21.7 Å². The summed E-state index contributed by atoms with van der Waals surface area (Å²) in [5.74, 6) is 0.823. The maximum absolute atomic E-state index is 11.9. The minimum Gasteiger partial charge on any atom is -0.489 e. The number of Topliss-reactive ketones (excluding diaryl/α,β-unsaturated/α-hetero) is 1. The van der Waals surface area contributed by atoms with Crippen LogP contribution in [0.2, 0.25) is 0 Å². The molecule has 0 amide bonds. The number of halogens is 1. The predicted molar refractivity (Wildman–Crippen MR) is 64.0 cm³/mol. The molecule has 0 aliphatic carbocycles. The lowest BCUT2D eigenvalue weighted by molar-refractivity contribution is 0.0771. The van der Waals surface area contributed by atoms with Crippen LogP contribution in [0, 0.1) is 0 Å². The number of fused-ring (bicyclic) bond motifs is 1. The number of methoxy groups -OCH3 is 1. The van der Waals surface area contributed by atoms with Gasteiger partial charge in [-0.25, -0.2) is 0 Å². The summed E-state index contributed by atoms with van der Waals surface area (Å²) in [7, 11) is 1.65. The monoisotopic (exact) mass is 284 g/mol. The Bertz CT molecular complexity index is 403. The first kappa shape index (κ1) is 11.6. The van der Waals surface area contributed by atoms with Gasteiger partial charge in [0.25, 0.3) is 0 Å². The second-order valence-electron chi connectivity index (χ2n) is 3.79. The fourth-order valence-corrected chi connectivity index (χ4v) is 2.13. The molecule has 16 heavy (non-hydrogen) atoms. The summed E-state index contributed by atoms with van der Waals surface area (Å²) in [4.78, 5) is 11.9. The van der Waals surface area contributed by atoms with Crippen molar-refractivity contribution in [2.75, 3.05) is 13.7 Å². The first-order valence-electron chi connectivity index (χ1n) is 5.19. The van der Waals surface area contributed by atoms with Gasteiger partial charge in [-0.1, -0.05) is 15.9 Å². The van der Waals surface area contributed by atoms with Crippen LogP contribution in [0.1, 0.15) is 23.2 Å². The van der Waals surface area contributed by atoms with Crippen molar-refractivity contribution in [3.63, 3.8) is 0 Å². The van der Waals surface area contributed by atoms with E-state index in [1.807, 2.05) is 18.2 Å². The van der Waals surface area contributed by atoms with Crippen molar-refractivity contribution < 1.29 is 14.3 Å². The summed E-state index contributed by atoms with van der Waals surface area (Å²) in [5.41, 5.74) is 0.669. The molecule has 1 aromatic carbocycles. The average molecular weight is 285 g/mol. The van der Waals surface area contributed by atoms with E-state index in [9.17, 15) is 4.79 Å². The third-order valence-corrected chi connectivity index (χ3v) is 3.09. The standard InChI is InChI=1S/C12H13BrO3/c1-15-5-4-9-7-11(14)10-6-8(13)2-3-12(10)16-9/h2-3,6,9H,4-5,7H2,1H3. The summed E-state index contributed by atoms with van der Waals surface area (Å²) < 4.78 is 11.6. The van der Waals surface area contributed by atoms with Crippen molar-refractivity contribution in [3.8, 4) is 5.75 Å². The van der Waals surface area contributed by atoms with Gasteiger partial charge in [0.1, 0.15) is 11.9 Å². The smallest absolute Gasteiger partial charge is 0.170 e. The highest BCUT2D eigenvalue weighted by Crippen LogP contribution is 2.30. The molecule has 1 atom stereocenters. The second kappa shape index (κ2) is 4.97. The Morgan fingerprint density at radius 3 is 3.12 bits per heavy atom. The molecule has 1 aromatic rings. The zero-order chi connectivity index (χ0) is 11.5. The molecule has 1 aliphatic heterocycles. The zero-order valence-electron chi connectivity index (χ0n) is 9.03. The number of ketones is 1. The highest BCUT2D eigenvalue weighted by Gasteiger charge is 2.26. The fraction of sp³-hybridized carbons (Fsp3) is 0.417. The Morgan fingerprint density at radius 2 is 2.38 bits per heavy atom. The molecule has 86 valence electrons. The van der Waals surface area contributed by atoms with Crippen molar-refractivity contribution in [1.29, 1.82) is 0 Å². The molecule has 0 N–H and O–H groups in total. The number of rotatable bonds is 3. The van der Waals surface area contributed by atoms with Crippen LogP contribution < -0.4 is 4.74 Å². The summed E-state index contributed by atoms with van der Waals surface area (Å²) in [6.45, 7) is 0.615. The van der Waals surface area contributed by atoms with E-state index in [-0.39, 0.29) is 11.9 Å². The lowest BCUT2D eigenvalue weighted by Crippen LogP contribution is -2.28. The Labute approximate surface area is 103 Å². The van der Waals surface area contributed by atoms with Gasteiger partial charge in [0.2, 0.25) is 0 Å². The molecule has 3 nitrogen and oxygen atoms in total. The highest BCUT2D eigenvalue weighted by atomic mass is 79.9. The van der Waals surface area contributed by atoms with Gasteiger partial charge in [-0.15, -0.1) is 0 Å². The average Bonchev–Trinajstić information content (AvgIpc) is 2.27. The molecule has 1 unspecified atom stereocenters. The van der Waals surface area contributed by atoms with Crippen LogP contribution in [0.3, 0.4) is 0 Å². The largest absolute Gasteiger partial charge is 0.489 e. The van der Waals surface area contributed by atoms with E-state index in [1.54, 1.807) is 7.11 Å². The van der Waals surface area contributed by atoms with Crippen LogP contribution >= 0.6 is 15.9 Å². The Kier molecular flexibility index (Phi) is 3.61. The van der Waals surface area contributed by atoms with Crippen LogP contribution in [0.25, 0.3) is 0 Å². The van der Waals surface area contributed by atoms with Gasteiger partial charge in [0.15, 0.2) is 5.78 Å². The van der Waals surface area contributed by atoms with Crippen LogP contribution in [-0.4, -0.2) is 25.6 Å². The van der Waals surface area contributed by atoms with Gasteiger partial charge in [-0.2, -0.15) is 0 Å². The molecule has 0 saturated carbocycles. The molecule has 0 aromatic heterocycles. The molecular formula is C12H13BrO3. The van der Waals surface area contributed by atoms with Gasteiger partial charge < -0.3 is 9.47 Å². The molecule has 1 heterocycles. The van der Waals surface area contributed by atoms with E-state index in [4.69, 9.17) is 9.47 Å². The second-order valence-corrected chi connectivity index (χ2v) is 4.70. The number of hydrogen-bond acceptors (Lipinski definition) is 3. The van der Waals surface area contributed by atoms with Crippen LogP contribution in [0.5, 0.6) is 5.75 Å². The van der Waals surface area contributed by atoms with Crippen molar-refractivity contribution in [2.24, 2.45) is 0 Å². The van der Waals surface area contributed by atoms with Gasteiger partial charge in [0, 0.05) is 31.0 Å². The quantitative estimate of drug-likeness (QED) is 0.856. The first-order valence-corrected chi connectivity index (χ1v) is 5.98. The molecule has 0 fully saturated rings. The van der Waals surface area contributed by atoms with Crippen LogP contribution in [0.15, 0.2) is 22.7 Å². The number of ether oxygens (including phenoxy) is 2. The van der Waals surface area contributed by atoms with Crippen molar-refractivity contribution in [3.05, 3.63) is 28.2 Å². The van der Waals surface area contributed by atoms with Crippen LogP contribution in [0.4, 0.5) is 0 Å². The molecular weight excluding hydrogens is 272 g/mol. The van der Waals surface area contributed by atoms with E-state index in [1.165, 1.54) is 0 Å². The number of carbonyl (C=O) groups excluding carboxylic acids is 1. The number of carbonyl (C=O) groups is 1. The van der Waals surface area contributed by atoms with Crippen molar-refractivity contribution in [1.82, 2.24) is 0 Å². The van der Waals surface area contributed by atoms with E-state index >= 15 is 0 Å². The van der Waals surface area contributed by atoms with Gasteiger partial charge in [-0.3, -0.25) is 4.79 Å². The maximum atomic E-state index is 11.9. The van der Waals surface area contributed by atoms with Gasteiger partial charge in [-0.05, 0) is 18.2 Å². The van der Waals surface area contributed by atoms with Gasteiger partial charge >= 0.3 is 0 Å². The number of benzene rings is 1. The predicted octanol–water partition coefficient (Wildman–Crippen LogP) is 2.82. The molecule has 0 bridgehead atoms. The minimum absolute atomic E-state index is 0.0545. The molecule has 1 aliphatic rings. The molecule has 0 saturated heterocycles. The number of hydrogen-bond donors (Lipinski definition) is 0. The van der Waals surface area contributed by atoms with E-state index in [0.29, 0.717) is 24.3 Å². The lowest BCUT2D eigenvalue weighted by atomic mass is 9.99. The van der Waals surface area contributed by atoms with Crippen molar-refractivity contribution in [2.45, 2.75) is 18.9 Å². The Balaban J connectivity index is 2.17. The highest BCUT2D eigenvalue weighted by molar-refractivity contribution is 9.10.